The number of halogens is 1. The van der Waals surface area contributed by atoms with Gasteiger partial charge in [0, 0.05) is 25.9 Å². The van der Waals surface area contributed by atoms with Crippen LogP contribution in [0.25, 0.3) is 0 Å². The molecule has 1 atom stereocenters. The second kappa shape index (κ2) is 11.3. The van der Waals surface area contributed by atoms with Gasteiger partial charge in [-0.3, -0.25) is 9.89 Å². The normalized spacial score (nSPS) is 12.9. The molecule has 0 aromatic carbocycles. The maximum Gasteiger partial charge on any atom is 0.191 e. The van der Waals surface area contributed by atoms with Crippen LogP contribution in [0.1, 0.15) is 11.8 Å². The third kappa shape index (κ3) is 6.85. The van der Waals surface area contributed by atoms with Crippen LogP contribution in [0.2, 0.25) is 0 Å². The zero-order valence-electron chi connectivity index (χ0n) is 12.5. The van der Waals surface area contributed by atoms with E-state index >= 15 is 0 Å². The van der Waals surface area contributed by atoms with E-state index in [4.69, 9.17) is 4.42 Å². The first-order valence-corrected chi connectivity index (χ1v) is 7.71. The molecule has 5 nitrogen and oxygen atoms in total. The van der Waals surface area contributed by atoms with Crippen molar-refractivity contribution in [3.8, 4) is 0 Å². The van der Waals surface area contributed by atoms with E-state index < -0.39 is 0 Å². The first-order valence-electron chi connectivity index (χ1n) is 6.32. The standard InChI is InChI=1S/C13H24N4OS.HI/c1-14-13(15-7-9-19-4)16-10-11(17(2)3)12-6-5-8-18-12;/h5-6,8,11H,7,9-10H2,1-4H3,(H2,14,15,16);1H. The molecule has 0 aliphatic carbocycles. The van der Waals surface area contributed by atoms with Crippen LogP contribution in [0.3, 0.4) is 0 Å². The van der Waals surface area contributed by atoms with E-state index in [1.807, 2.05) is 38.0 Å². The van der Waals surface area contributed by atoms with E-state index in [1.165, 1.54) is 0 Å². The van der Waals surface area contributed by atoms with Gasteiger partial charge in [-0.25, -0.2) is 0 Å². The molecule has 1 heterocycles. The molecule has 0 saturated carbocycles. The summed E-state index contributed by atoms with van der Waals surface area (Å²) in [6, 6.07) is 4.10. The first-order chi connectivity index (χ1) is 9.19. The van der Waals surface area contributed by atoms with Crippen LogP contribution in [0.5, 0.6) is 0 Å². The van der Waals surface area contributed by atoms with Crippen molar-refractivity contribution in [1.82, 2.24) is 15.5 Å². The highest BCUT2D eigenvalue weighted by Crippen LogP contribution is 2.17. The molecule has 0 radical (unpaired) electrons. The fourth-order valence-electron chi connectivity index (χ4n) is 1.70. The summed E-state index contributed by atoms with van der Waals surface area (Å²) in [5.41, 5.74) is 0. The first kappa shape index (κ1) is 19.6. The minimum absolute atomic E-state index is 0. The van der Waals surface area contributed by atoms with Gasteiger partial charge in [0.1, 0.15) is 5.76 Å². The van der Waals surface area contributed by atoms with Crippen molar-refractivity contribution in [2.24, 2.45) is 4.99 Å². The van der Waals surface area contributed by atoms with Gasteiger partial charge in [-0.1, -0.05) is 0 Å². The van der Waals surface area contributed by atoms with Crippen LogP contribution < -0.4 is 10.6 Å². The number of rotatable bonds is 7. The number of nitrogens with one attached hydrogen (secondary N) is 2. The number of hydrogen-bond donors (Lipinski definition) is 2. The summed E-state index contributed by atoms with van der Waals surface area (Å²) in [5, 5.41) is 6.60. The third-order valence-corrected chi connectivity index (χ3v) is 3.39. The maximum atomic E-state index is 5.48. The highest BCUT2D eigenvalue weighted by Gasteiger charge is 2.16. The van der Waals surface area contributed by atoms with Crippen LogP contribution in [0, 0.1) is 0 Å². The number of nitrogens with zero attached hydrogens (tertiary/aromatic N) is 2. The average molecular weight is 412 g/mol. The number of likely N-dealkylation sites (N-methyl/N-ethyl adjacent to an activating group) is 1. The van der Waals surface area contributed by atoms with Gasteiger partial charge in [0.15, 0.2) is 5.96 Å². The topological polar surface area (TPSA) is 52.8 Å². The highest BCUT2D eigenvalue weighted by atomic mass is 127. The van der Waals surface area contributed by atoms with Crippen LogP contribution in [0.4, 0.5) is 0 Å². The van der Waals surface area contributed by atoms with E-state index in [-0.39, 0.29) is 30.0 Å². The molecule has 1 rings (SSSR count). The molecule has 1 aromatic rings. The lowest BCUT2D eigenvalue weighted by Crippen LogP contribution is -2.42. The predicted octanol–water partition coefficient (Wildman–Crippen LogP) is 2.03. The maximum absolute atomic E-state index is 5.48. The van der Waals surface area contributed by atoms with Crippen molar-refractivity contribution in [2.45, 2.75) is 6.04 Å². The predicted molar refractivity (Wildman–Crippen MR) is 98.3 cm³/mol. The number of thioether (sulfide) groups is 1. The molecule has 2 N–H and O–H groups in total. The molecular weight excluding hydrogens is 387 g/mol. The SMILES string of the molecule is CN=C(NCCSC)NCC(c1ccco1)N(C)C.I. The lowest BCUT2D eigenvalue weighted by molar-refractivity contribution is 0.258. The van der Waals surface area contributed by atoms with E-state index in [2.05, 4.69) is 26.8 Å². The molecule has 20 heavy (non-hydrogen) atoms. The fraction of sp³-hybridized carbons (Fsp3) is 0.615. The Kier molecular flexibility index (Phi) is 11.0. The molecule has 116 valence electrons. The molecule has 0 bridgehead atoms. The molecule has 0 fully saturated rings. The molecular formula is C13H25IN4OS. The van der Waals surface area contributed by atoms with Crippen molar-refractivity contribution in [1.29, 1.82) is 0 Å². The van der Waals surface area contributed by atoms with Crippen molar-refractivity contribution in [3.05, 3.63) is 24.2 Å². The Morgan fingerprint density at radius 1 is 1.45 bits per heavy atom. The van der Waals surface area contributed by atoms with E-state index in [9.17, 15) is 0 Å². The van der Waals surface area contributed by atoms with Crippen molar-refractivity contribution >= 4 is 41.7 Å². The van der Waals surface area contributed by atoms with Crippen molar-refractivity contribution < 1.29 is 4.42 Å². The summed E-state index contributed by atoms with van der Waals surface area (Å²) >= 11 is 1.81. The van der Waals surface area contributed by atoms with Crippen molar-refractivity contribution in [3.63, 3.8) is 0 Å². The lowest BCUT2D eigenvalue weighted by Gasteiger charge is -2.23. The van der Waals surface area contributed by atoms with Gasteiger partial charge in [-0.15, -0.1) is 24.0 Å². The molecule has 1 unspecified atom stereocenters. The van der Waals surface area contributed by atoms with Gasteiger partial charge in [0.25, 0.3) is 0 Å². The zero-order chi connectivity index (χ0) is 14.1. The summed E-state index contributed by atoms with van der Waals surface area (Å²) in [6.07, 6.45) is 3.80. The molecule has 0 spiro atoms. The number of furan rings is 1. The van der Waals surface area contributed by atoms with E-state index in [0.717, 1.165) is 30.6 Å². The van der Waals surface area contributed by atoms with E-state index in [0.29, 0.717) is 0 Å². The van der Waals surface area contributed by atoms with Crippen LogP contribution in [-0.4, -0.2) is 57.1 Å². The largest absolute Gasteiger partial charge is 0.468 e. The quantitative estimate of drug-likeness (QED) is 0.311. The van der Waals surface area contributed by atoms with Gasteiger partial charge < -0.3 is 15.1 Å². The zero-order valence-corrected chi connectivity index (χ0v) is 15.7. The minimum Gasteiger partial charge on any atom is -0.468 e. The number of guanidine groups is 1. The summed E-state index contributed by atoms with van der Waals surface area (Å²) in [4.78, 5) is 6.33. The van der Waals surface area contributed by atoms with Crippen molar-refractivity contribution in [2.75, 3.05) is 46.2 Å². The Hall–Kier alpha value is -0.410. The second-order valence-corrected chi connectivity index (χ2v) is 5.35. The molecule has 0 aliphatic rings. The Morgan fingerprint density at radius 3 is 2.70 bits per heavy atom. The van der Waals surface area contributed by atoms with Gasteiger partial charge in [-0.05, 0) is 32.5 Å². The number of aliphatic imine (C=N–C) groups is 1. The Bertz CT molecular complexity index is 370. The summed E-state index contributed by atoms with van der Waals surface area (Å²) in [6.45, 7) is 1.66. The average Bonchev–Trinajstić information content (AvgIpc) is 2.90. The minimum atomic E-state index is 0. The van der Waals surface area contributed by atoms with Gasteiger partial charge in [-0.2, -0.15) is 11.8 Å². The molecule has 0 aliphatic heterocycles. The molecule has 0 amide bonds. The summed E-state index contributed by atoms with van der Waals surface area (Å²) in [5.74, 6) is 2.85. The van der Waals surface area contributed by atoms with E-state index in [1.54, 1.807) is 13.3 Å². The monoisotopic (exact) mass is 412 g/mol. The Balaban J connectivity index is 0.00000361. The van der Waals surface area contributed by atoms with Gasteiger partial charge in [0.2, 0.25) is 0 Å². The molecule has 0 saturated heterocycles. The number of hydrogen-bond acceptors (Lipinski definition) is 4. The second-order valence-electron chi connectivity index (χ2n) is 4.37. The Morgan fingerprint density at radius 2 is 2.20 bits per heavy atom. The summed E-state index contributed by atoms with van der Waals surface area (Å²) < 4.78 is 5.48. The lowest BCUT2D eigenvalue weighted by atomic mass is 10.2. The molecule has 7 heteroatoms. The highest BCUT2D eigenvalue weighted by molar-refractivity contribution is 14.0. The van der Waals surface area contributed by atoms with Crippen LogP contribution in [0.15, 0.2) is 27.8 Å². The van der Waals surface area contributed by atoms with Gasteiger partial charge >= 0.3 is 0 Å². The summed E-state index contributed by atoms with van der Waals surface area (Å²) in [7, 11) is 5.86. The smallest absolute Gasteiger partial charge is 0.191 e. The molecule has 1 aromatic heterocycles. The van der Waals surface area contributed by atoms with Crippen LogP contribution >= 0.6 is 35.7 Å². The fourth-order valence-corrected chi connectivity index (χ4v) is 2.01. The Labute approximate surface area is 143 Å². The third-order valence-electron chi connectivity index (χ3n) is 2.78. The van der Waals surface area contributed by atoms with Crippen LogP contribution in [-0.2, 0) is 0 Å². The van der Waals surface area contributed by atoms with Gasteiger partial charge in [0.05, 0.1) is 12.3 Å².